The second kappa shape index (κ2) is 4.32. The van der Waals surface area contributed by atoms with Crippen molar-refractivity contribution in [3.05, 3.63) is 29.5 Å². The monoisotopic (exact) mass is 257 g/mol. The molecule has 96 valence electrons. The molecule has 1 aromatic carbocycles. The molecule has 1 aromatic heterocycles. The summed E-state index contributed by atoms with van der Waals surface area (Å²) in [5.74, 6) is -0.743. The van der Waals surface area contributed by atoms with Crippen LogP contribution in [0.1, 0.15) is 15.9 Å². The molecule has 4 nitrogen and oxygen atoms in total. The third-order valence-corrected chi connectivity index (χ3v) is 2.48. The number of aromatic amines is 1. The van der Waals surface area contributed by atoms with Crippen LogP contribution in [0.5, 0.6) is 0 Å². The summed E-state index contributed by atoms with van der Waals surface area (Å²) in [7, 11) is 0. The first-order valence-electron chi connectivity index (χ1n) is 5.15. The average Bonchev–Trinajstić information content (AvgIpc) is 2.70. The summed E-state index contributed by atoms with van der Waals surface area (Å²) in [6.07, 6.45) is -2.90. The first-order chi connectivity index (χ1) is 8.37. The van der Waals surface area contributed by atoms with Gasteiger partial charge >= 0.3 is 6.18 Å². The van der Waals surface area contributed by atoms with Crippen LogP contribution in [0.25, 0.3) is 10.9 Å². The van der Waals surface area contributed by atoms with Gasteiger partial charge in [-0.2, -0.15) is 18.3 Å². The SMILES string of the molecule is Cc1cc2[nH]ncc2cc1C(=O)NCC(F)(F)F. The van der Waals surface area contributed by atoms with E-state index in [2.05, 4.69) is 10.2 Å². The Morgan fingerprint density at radius 2 is 2.17 bits per heavy atom. The first-order valence-corrected chi connectivity index (χ1v) is 5.15. The van der Waals surface area contributed by atoms with Crippen LogP contribution < -0.4 is 5.32 Å². The van der Waals surface area contributed by atoms with Crippen LogP contribution in [0.15, 0.2) is 18.3 Å². The van der Waals surface area contributed by atoms with Gasteiger partial charge in [-0.25, -0.2) is 0 Å². The molecule has 1 amide bonds. The zero-order valence-electron chi connectivity index (χ0n) is 9.43. The maximum atomic E-state index is 12.0. The Bertz CT molecular complexity index is 589. The lowest BCUT2D eigenvalue weighted by molar-refractivity contribution is -0.123. The summed E-state index contributed by atoms with van der Waals surface area (Å²) in [6.45, 7) is 0.317. The summed E-state index contributed by atoms with van der Waals surface area (Å²) >= 11 is 0. The van der Waals surface area contributed by atoms with Gasteiger partial charge in [-0.05, 0) is 24.6 Å². The molecule has 2 rings (SSSR count). The summed E-state index contributed by atoms with van der Waals surface area (Å²) in [4.78, 5) is 11.6. The molecule has 1 heterocycles. The largest absolute Gasteiger partial charge is 0.405 e. The number of aryl methyl sites for hydroxylation is 1. The Hall–Kier alpha value is -2.05. The van der Waals surface area contributed by atoms with Gasteiger partial charge in [0, 0.05) is 10.9 Å². The van der Waals surface area contributed by atoms with Crippen molar-refractivity contribution in [2.24, 2.45) is 0 Å². The Morgan fingerprint density at radius 1 is 1.44 bits per heavy atom. The highest BCUT2D eigenvalue weighted by atomic mass is 19.4. The molecule has 0 atom stereocenters. The van der Waals surface area contributed by atoms with Crippen LogP contribution in [-0.4, -0.2) is 28.8 Å². The fraction of sp³-hybridized carbons (Fsp3) is 0.273. The molecule has 0 saturated heterocycles. The quantitative estimate of drug-likeness (QED) is 0.866. The van der Waals surface area contributed by atoms with Crippen LogP contribution >= 0.6 is 0 Å². The molecule has 7 heteroatoms. The van der Waals surface area contributed by atoms with E-state index in [-0.39, 0.29) is 5.56 Å². The maximum Gasteiger partial charge on any atom is 0.405 e. The van der Waals surface area contributed by atoms with Crippen LogP contribution in [0.3, 0.4) is 0 Å². The second-order valence-electron chi connectivity index (χ2n) is 3.92. The van der Waals surface area contributed by atoms with E-state index in [9.17, 15) is 18.0 Å². The van der Waals surface area contributed by atoms with E-state index < -0.39 is 18.6 Å². The van der Waals surface area contributed by atoms with Gasteiger partial charge < -0.3 is 5.32 Å². The van der Waals surface area contributed by atoms with Crippen molar-refractivity contribution in [2.75, 3.05) is 6.54 Å². The van der Waals surface area contributed by atoms with E-state index in [1.165, 1.54) is 12.3 Å². The number of H-pyrrole nitrogens is 1. The third kappa shape index (κ3) is 2.61. The lowest BCUT2D eigenvalue weighted by Gasteiger charge is -2.10. The van der Waals surface area contributed by atoms with E-state index in [1.807, 2.05) is 5.32 Å². The van der Waals surface area contributed by atoms with Gasteiger partial charge in [-0.15, -0.1) is 0 Å². The fourth-order valence-electron chi connectivity index (χ4n) is 1.62. The van der Waals surface area contributed by atoms with Crippen molar-refractivity contribution in [3.63, 3.8) is 0 Å². The molecule has 0 aliphatic heterocycles. The number of benzene rings is 1. The van der Waals surface area contributed by atoms with Crippen LogP contribution in [0.4, 0.5) is 13.2 Å². The topological polar surface area (TPSA) is 57.8 Å². The molecule has 0 aliphatic rings. The van der Waals surface area contributed by atoms with Gasteiger partial charge in [0.25, 0.3) is 5.91 Å². The number of hydrogen-bond acceptors (Lipinski definition) is 2. The Morgan fingerprint density at radius 3 is 2.83 bits per heavy atom. The normalized spacial score (nSPS) is 11.8. The maximum absolute atomic E-state index is 12.0. The number of alkyl halides is 3. The lowest BCUT2D eigenvalue weighted by Crippen LogP contribution is -2.34. The van der Waals surface area contributed by atoms with Gasteiger partial charge in [0.05, 0.1) is 11.7 Å². The zero-order chi connectivity index (χ0) is 13.3. The Balaban J connectivity index is 2.24. The molecule has 0 unspecified atom stereocenters. The minimum Gasteiger partial charge on any atom is -0.343 e. The van der Waals surface area contributed by atoms with Crippen LogP contribution in [0.2, 0.25) is 0 Å². The number of halogens is 3. The smallest absolute Gasteiger partial charge is 0.343 e. The van der Waals surface area contributed by atoms with E-state index in [0.29, 0.717) is 10.9 Å². The lowest BCUT2D eigenvalue weighted by atomic mass is 10.1. The molecule has 18 heavy (non-hydrogen) atoms. The van der Waals surface area contributed by atoms with Crippen LogP contribution in [-0.2, 0) is 0 Å². The van der Waals surface area contributed by atoms with E-state index in [1.54, 1.807) is 13.0 Å². The van der Waals surface area contributed by atoms with E-state index in [0.717, 1.165) is 5.52 Å². The molecule has 0 spiro atoms. The molecule has 0 aliphatic carbocycles. The number of nitrogens with one attached hydrogen (secondary N) is 2. The van der Waals surface area contributed by atoms with Crippen molar-refractivity contribution < 1.29 is 18.0 Å². The molecule has 2 N–H and O–H groups in total. The van der Waals surface area contributed by atoms with Gasteiger partial charge in [0.15, 0.2) is 0 Å². The summed E-state index contributed by atoms with van der Waals surface area (Å²) in [5.41, 5.74) is 1.54. The molecule has 0 fully saturated rings. The zero-order valence-corrected chi connectivity index (χ0v) is 9.43. The fourth-order valence-corrected chi connectivity index (χ4v) is 1.62. The second-order valence-corrected chi connectivity index (χ2v) is 3.92. The van der Waals surface area contributed by atoms with Crippen LogP contribution in [0, 0.1) is 6.92 Å². The number of hydrogen-bond donors (Lipinski definition) is 2. The minimum atomic E-state index is -4.41. The van der Waals surface area contributed by atoms with Gasteiger partial charge in [-0.3, -0.25) is 9.89 Å². The number of aromatic nitrogens is 2. The Kier molecular flexibility index (Phi) is 2.98. The summed E-state index contributed by atoms with van der Waals surface area (Å²) in [5, 5.41) is 9.03. The molecule has 0 radical (unpaired) electrons. The third-order valence-electron chi connectivity index (χ3n) is 2.48. The van der Waals surface area contributed by atoms with Crippen molar-refractivity contribution in [1.82, 2.24) is 15.5 Å². The first kappa shape index (κ1) is 12.4. The van der Waals surface area contributed by atoms with Crippen molar-refractivity contribution in [2.45, 2.75) is 13.1 Å². The van der Waals surface area contributed by atoms with Gasteiger partial charge in [0.2, 0.25) is 0 Å². The van der Waals surface area contributed by atoms with Crippen molar-refractivity contribution in [3.8, 4) is 0 Å². The number of carbonyl (C=O) groups is 1. The van der Waals surface area contributed by atoms with Gasteiger partial charge in [0.1, 0.15) is 6.54 Å². The predicted molar refractivity (Wildman–Crippen MR) is 59.2 cm³/mol. The van der Waals surface area contributed by atoms with Gasteiger partial charge in [-0.1, -0.05) is 0 Å². The molecule has 0 saturated carbocycles. The highest BCUT2D eigenvalue weighted by molar-refractivity contribution is 5.99. The number of rotatable bonds is 2. The summed E-state index contributed by atoms with van der Waals surface area (Å²) in [6, 6.07) is 3.19. The van der Waals surface area contributed by atoms with Crippen molar-refractivity contribution >= 4 is 16.8 Å². The number of carbonyl (C=O) groups excluding carboxylic acids is 1. The highest BCUT2D eigenvalue weighted by Gasteiger charge is 2.28. The molecular weight excluding hydrogens is 247 g/mol. The standard InChI is InChI=1S/C11H10F3N3O/c1-6-2-9-7(4-16-17-9)3-8(6)10(18)15-5-11(12,13)14/h2-4H,5H2,1H3,(H,15,18)(H,16,17). The molecule has 2 aromatic rings. The summed E-state index contributed by atoms with van der Waals surface area (Å²) < 4.78 is 36.0. The number of amides is 1. The minimum absolute atomic E-state index is 0.216. The van der Waals surface area contributed by atoms with E-state index in [4.69, 9.17) is 0 Å². The number of fused-ring (bicyclic) bond motifs is 1. The molecular formula is C11H10F3N3O. The van der Waals surface area contributed by atoms with Crippen molar-refractivity contribution in [1.29, 1.82) is 0 Å². The predicted octanol–water partition coefficient (Wildman–Crippen LogP) is 2.16. The Labute approximate surface area is 100 Å². The van der Waals surface area contributed by atoms with E-state index >= 15 is 0 Å². The highest BCUT2D eigenvalue weighted by Crippen LogP contribution is 2.18. The molecule has 0 bridgehead atoms. The number of nitrogens with zero attached hydrogens (tertiary/aromatic N) is 1. The average molecular weight is 257 g/mol.